The average Bonchev–Trinajstić information content (AvgIpc) is 3.04. The molecule has 0 saturated heterocycles. The van der Waals surface area contributed by atoms with Gasteiger partial charge in [-0.05, 0) is 19.8 Å². The molecule has 1 aliphatic rings. The summed E-state index contributed by atoms with van der Waals surface area (Å²) in [7, 11) is 0. The Morgan fingerprint density at radius 3 is 2.71 bits per heavy atom. The number of hydrogen-bond acceptors (Lipinski definition) is 2. The fourth-order valence-corrected chi connectivity index (χ4v) is 3.22. The van der Waals surface area contributed by atoms with Gasteiger partial charge in [-0.15, -0.1) is 0 Å². The van der Waals surface area contributed by atoms with Gasteiger partial charge < -0.3 is 9.88 Å². The molecule has 0 amide bonds. The molecule has 1 aromatic heterocycles. The van der Waals surface area contributed by atoms with Gasteiger partial charge in [0, 0.05) is 36.6 Å². The van der Waals surface area contributed by atoms with Crippen LogP contribution in [0.25, 0.3) is 11.4 Å². The second-order valence-corrected chi connectivity index (χ2v) is 6.12. The molecule has 1 aliphatic carbocycles. The third-order valence-electron chi connectivity index (χ3n) is 4.48. The molecule has 0 radical (unpaired) electrons. The van der Waals surface area contributed by atoms with E-state index >= 15 is 0 Å². The summed E-state index contributed by atoms with van der Waals surface area (Å²) in [4.78, 5) is 4.54. The summed E-state index contributed by atoms with van der Waals surface area (Å²) >= 11 is 0. The van der Waals surface area contributed by atoms with Crippen molar-refractivity contribution in [2.24, 2.45) is 0 Å². The molecule has 3 heteroatoms. The Labute approximate surface area is 127 Å². The zero-order valence-corrected chi connectivity index (χ0v) is 12.8. The second-order valence-electron chi connectivity index (χ2n) is 6.12. The number of benzene rings is 1. The van der Waals surface area contributed by atoms with Crippen molar-refractivity contribution < 1.29 is 0 Å². The van der Waals surface area contributed by atoms with Gasteiger partial charge in [-0.1, -0.05) is 49.6 Å². The van der Waals surface area contributed by atoms with E-state index in [0.29, 0.717) is 12.1 Å². The third kappa shape index (κ3) is 3.53. The van der Waals surface area contributed by atoms with Crippen molar-refractivity contribution in [1.82, 2.24) is 14.9 Å². The summed E-state index contributed by atoms with van der Waals surface area (Å²) in [5, 5.41) is 3.74. The van der Waals surface area contributed by atoms with Gasteiger partial charge in [0.25, 0.3) is 0 Å². The van der Waals surface area contributed by atoms with Crippen molar-refractivity contribution >= 4 is 0 Å². The highest BCUT2D eigenvalue weighted by Crippen LogP contribution is 2.22. The summed E-state index contributed by atoms with van der Waals surface area (Å²) in [6, 6.07) is 11.6. The summed E-state index contributed by atoms with van der Waals surface area (Å²) < 4.78 is 2.28. The molecule has 1 unspecified atom stereocenters. The lowest BCUT2D eigenvalue weighted by Crippen LogP contribution is -2.35. The Kier molecular flexibility index (Phi) is 4.71. The molecule has 1 fully saturated rings. The predicted octanol–water partition coefficient (Wildman–Crippen LogP) is 4.03. The quantitative estimate of drug-likeness (QED) is 0.897. The molecule has 1 N–H and O–H groups in total. The van der Waals surface area contributed by atoms with E-state index < -0.39 is 0 Å². The van der Waals surface area contributed by atoms with E-state index in [-0.39, 0.29) is 0 Å². The maximum atomic E-state index is 4.54. The standard InChI is InChI=1S/C18H25N3/c1-15(14-20-17-10-6-3-7-11-17)21-13-12-19-18(21)16-8-4-2-5-9-16/h2,4-5,8-9,12-13,15,17,20H,3,6-7,10-11,14H2,1H3. The Hall–Kier alpha value is -1.61. The van der Waals surface area contributed by atoms with E-state index in [1.807, 2.05) is 12.3 Å². The summed E-state index contributed by atoms with van der Waals surface area (Å²) in [5.41, 5.74) is 1.19. The topological polar surface area (TPSA) is 29.9 Å². The highest BCUT2D eigenvalue weighted by molar-refractivity contribution is 5.55. The number of hydrogen-bond donors (Lipinski definition) is 1. The Balaban J connectivity index is 1.65. The van der Waals surface area contributed by atoms with Crippen LogP contribution >= 0.6 is 0 Å². The molecule has 112 valence electrons. The number of nitrogens with zero attached hydrogens (tertiary/aromatic N) is 2. The molecular formula is C18H25N3. The number of nitrogens with one attached hydrogen (secondary N) is 1. The first-order valence-electron chi connectivity index (χ1n) is 8.16. The van der Waals surface area contributed by atoms with E-state index in [9.17, 15) is 0 Å². The van der Waals surface area contributed by atoms with Gasteiger partial charge in [0.2, 0.25) is 0 Å². The average molecular weight is 283 g/mol. The summed E-state index contributed by atoms with van der Waals surface area (Å²) in [5.74, 6) is 1.06. The lowest BCUT2D eigenvalue weighted by Gasteiger charge is -2.25. The number of rotatable bonds is 5. The van der Waals surface area contributed by atoms with Crippen molar-refractivity contribution in [2.75, 3.05) is 6.54 Å². The molecule has 1 atom stereocenters. The Morgan fingerprint density at radius 1 is 1.19 bits per heavy atom. The van der Waals surface area contributed by atoms with Crippen LogP contribution < -0.4 is 5.32 Å². The minimum absolute atomic E-state index is 0.421. The van der Waals surface area contributed by atoms with Crippen LogP contribution in [0.2, 0.25) is 0 Å². The fourth-order valence-electron chi connectivity index (χ4n) is 3.22. The van der Waals surface area contributed by atoms with Crippen molar-refractivity contribution in [2.45, 2.75) is 51.1 Å². The minimum atomic E-state index is 0.421. The van der Waals surface area contributed by atoms with E-state index in [4.69, 9.17) is 0 Å². The molecule has 1 saturated carbocycles. The minimum Gasteiger partial charge on any atom is -0.327 e. The smallest absolute Gasteiger partial charge is 0.140 e. The zero-order chi connectivity index (χ0) is 14.5. The van der Waals surface area contributed by atoms with Gasteiger partial charge >= 0.3 is 0 Å². The molecule has 0 bridgehead atoms. The van der Waals surface area contributed by atoms with Crippen LogP contribution in [0.15, 0.2) is 42.7 Å². The molecule has 0 aliphatic heterocycles. The maximum Gasteiger partial charge on any atom is 0.140 e. The first-order chi connectivity index (χ1) is 10.3. The van der Waals surface area contributed by atoms with Gasteiger partial charge in [-0.25, -0.2) is 4.98 Å². The normalized spacial score (nSPS) is 17.8. The zero-order valence-electron chi connectivity index (χ0n) is 12.8. The maximum absolute atomic E-state index is 4.54. The number of aromatic nitrogens is 2. The molecular weight excluding hydrogens is 258 g/mol. The fraction of sp³-hybridized carbons (Fsp3) is 0.500. The molecule has 1 heterocycles. The van der Waals surface area contributed by atoms with Crippen LogP contribution in [0.4, 0.5) is 0 Å². The Bertz CT molecular complexity index is 541. The number of imidazole rings is 1. The van der Waals surface area contributed by atoms with Crippen molar-refractivity contribution in [3.05, 3.63) is 42.7 Å². The van der Waals surface area contributed by atoms with Crippen LogP contribution in [-0.2, 0) is 0 Å². The molecule has 21 heavy (non-hydrogen) atoms. The van der Waals surface area contributed by atoms with Crippen molar-refractivity contribution in [1.29, 1.82) is 0 Å². The second kappa shape index (κ2) is 6.90. The molecule has 3 nitrogen and oxygen atoms in total. The van der Waals surface area contributed by atoms with Gasteiger partial charge in [-0.2, -0.15) is 0 Å². The lowest BCUT2D eigenvalue weighted by molar-refractivity contribution is 0.351. The predicted molar refractivity (Wildman–Crippen MR) is 87.2 cm³/mol. The molecule has 1 aromatic carbocycles. The molecule has 3 rings (SSSR count). The van der Waals surface area contributed by atoms with Crippen LogP contribution in [0.5, 0.6) is 0 Å². The SMILES string of the molecule is CC(CNC1CCCCC1)n1ccnc1-c1ccccc1. The van der Waals surface area contributed by atoms with E-state index in [0.717, 1.165) is 12.4 Å². The van der Waals surface area contributed by atoms with Gasteiger partial charge in [0.15, 0.2) is 0 Å². The van der Waals surface area contributed by atoms with Crippen LogP contribution in [0, 0.1) is 0 Å². The molecule has 0 spiro atoms. The monoisotopic (exact) mass is 283 g/mol. The summed E-state index contributed by atoms with van der Waals surface area (Å²) in [6.07, 6.45) is 10.8. The highest BCUT2D eigenvalue weighted by Gasteiger charge is 2.16. The lowest BCUT2D eigenvalue weighted by atomic mass is 9.95. The Morgan fingerprint density at radius 2 is 1.95 bits per heavy atom. The van der Waals surface area contributed by atoms with Crippen molar-refractivity contribution in [3.8, 4) is 11.4 Å². The van der Waals surface area contributed by atoms with Crippen LogP contribution in [0.3, 0.4) is 0 Å². The van der Waals surface area contributed by atoms with Crippen LogP contribution in [-0.4, -0.2) is 22.1 Å². The largest absolute Gasteiger partial charge is 0.327 e. The van der Waals surface area contributed by atoms with E-state index in [2.05, 4.69) is 52.3 Å². The highest BCUT2D eigenvalue weighted by atomic mass is 15.1. The molecule has 2 aromatic rings. The van der Waals surface area contributed by atoms with Crippen molar-refractivity contribution in [3.63, 3.8) is 0 Å². The van der Waals surface area contributed by atoms with E-state index in [1.165, 1.54) is 37.7 Å². The van der Waals surface area contributed by atoms with E-state index in [1.54, 1.807) is 0 Å². The van der Waals surface area contributed by atoms with Gasteiger partial charge in [0.05, 0.1) is 0 Å². The first kappa shape index (κ1) is 14.3. The van der Waals surface area contributed by atoms with Gasteiger partial charge in [0.1, 0.15) is 5.82 Å². The summed E-state index contributed by atoms with van der Waals surface area (Å²) in [6.45, 7) is 3.28. The van der Waals surface area contributed by atoms with Gasteiger partial charge in [-0.3, -0.25) is 0 Å². The first-order valence-corrected chi connectivity index (χ1v) is 8.16. The van der Waals surface area contributed by atoms with Crippen LogP contribution in [0.1, 0.15) is 45.1 Å². The third-order valence-corrected chi connectivity index (χ3v) is 4.48.